The van der Waals surface area contributed by atoms with Gasteiger partial charge in [-0.2, -0.15) is 0 Å². The van der Waals surface area contributed by atoms with Crippen molar-refractivity contribution in [3.63, 3.8) is 0 Å². The molecule has 0 rings (SSSR count). The van der Waals surface area contributed by atoms with Crippen molar-refractivity contribution in [3.8, 4) is 0 Å². The maximum atomic E-state index is 11.5. The Morgan fingerprint density at radius 2 is 0.812 bits per heavy atom. The van der Waals surface area contributed by atoms with Gasteiger partial charge in [0.15, 0.2) is 0 Å². The molecule has 15 nitrogen and oxygen atoms in total. The van der Waals surface area contributed by atoms with Gasteiger partial charge in [0, 0.05) is 59.9 Å². The predicted molar refractivity (Wildman–Crippen MR) is 99.7 cm³/mol. The molecule has 6 N–H and O–H groups in total. The number of aliphatic carboxylic acids is 3. The number of carbonyl (C=O) groups is 5. The summed E-state index contributed by atoms with van der Waals surface area (Å²) in [6, 6.07) is 0. The first kappa shape index (κ1) is 37.8. The summed E-state index contributed by atoms with van der Waals surface area (Å²) >= 11 is 0. The Balaban J connectivity index is -0.00000131. The Labute approximate surface area is 217 Å². The summed E-state index contributed by atoms with van der Waals surface area (Å²) < 4.78 is 0. The van der Waals surface area contributed by atoms with E-state index in [0.717, 1.165) is 0 Å². The molecule has 2 amide bonds. The molecule has 0 bridgehead atoms. The molecule has 0 saturated heterocycles. The monoisotopic (exact) mass is 610 g/mol. The minimum atomic E-state index is -1.40. The number of nitrogens with one attached hydrogen (secondary N) is 2. The molecule has 0 aromatic heterocycles. The van der Waals surface area contributed by atoms with E-state index in [2.05, 4.69) is 10.6 Å². The summed E-state index contributed by atoms with van der Waals surface area (Å²) in [6.45, 7) is -1.84. The molecule has 0 spiro atoms. The summed E-state index contributed by atoms with van der Waals surface area (Å²) in [5, 5.41) is 37.4. The van der Waals surface area contributed by atoms with Crippen molar-refractivity contribution < 1.29 is 90.2 Å². The van der Waals surface area contributed by atoms with Crippen LogP contribution in [0.25, 0.3) is 0 Å². The normalized spacial score (nSPS) is 9.91. The third kappa shape index (κ3) is 20.4. The topological polar surface area (TPSA) is 251 Å². The summed E-state index contributed by atoms with van der Waals surface area (Å²) in [5.41, 5.74) is 0. The molecular formula is C16H30GdN5O10. The first-order valence-corrected chi connectivity index (χ1v) is 8.75. The predicted octanol–water partition coefficient (Wildman–Crippen LogP) is -9.02. The van der Waals surface area contributed by atoms with Crippen LogP contribution in [0.3, 0.4) is 0 Å². The number of nitrogens with zero attached hydrogens (tertiary/aromatic N) is 3. The standard InChI is InChI=1S/C16H29N5O8.Gd.2H2O/c1-17-12(22)7-20(10-15(26)27)5-3-19(9-14(24)25)4-6-21(11-16(28)29)8-13(23)18-2;;;/h3-11H2,1-2H3,(H,17,22)(H,18,23)(H,24,25)(H,26,27)(H,28,29);;2*1H2/q;+3;;/p-3. The van der Waals surface area contributed by atoms with Crippen molar-refractivity contribution in [2.75, 3.05) is 73.0 Å². The zero-order valence-corrected chi connectivity index (χ0v) is 20.1. The molecule has 0 aliphatic carbocycles. The molecule has 0 fully saturated rings. The molecular weight excluding hydrogens is 579 g/mol. The molecule has 187 valence electrons. The van der Waals surface area contributed by atoms with Gasteiger partial charge in [0.1, 0.15) is 0 Å². The van der Waals surface area contributed by atoms with Gasteiger partial charge in [-0.15, -0.1) is 0 Å². The van der Waals surface area contributed by atoms with Gasteiger partial charge >= 0.3 is 39.9 Å². The summed E-state index contributed by atoms with van der Waals surface area (Å²) in [7, 11) is 2.78. The Bertz CT molecular complexity index is 554. The van der Waals surface area contributed by atoms with Gasteiger partial charge in [-0.05, 0) is 0 Å². The molecule has 0 aliphatic rings. The number of likely N-dealkylation sites (N-methyl/N-ethyl adjacent to an activating group) is 2. The largest absolute Gasteiger partial charge is 3.00 e. The second-order valence-corrected chi connectivity index (χ2v) is 6.16. The number of hydrogen-bond donors (Lipinski definition) is 2. The third-order valence-corrected chi connectivity index (χ3v) is 3.82. The van der Waals surface area contributed by atoms with Crippen molar-refractivity contribution >= 4 is 29.7 Å². The molecule has 0 heterocycles. The Morgan fingerprint density at radius 3 is 1.06 bits per heavy atom. The van der Waals surface area contributed by atoms with Crippen molar-refractivity contribution in [2.45, 2.75) is 0 Å². The van der Waals surface area contributed by atoms with Crippen LogP contribution in [0.1, 0.15) is 0 Å². The second kappa shape index (κ2) is 21.3. The van der Waals surface area contributed by atoms with E-state index >= 15 is 0 Å². The van der Waals surface area contributed by atoms with E-state index in [1.54, 1.807) is 0 Å². The maximum absolute atomic E-state index is 11.5. The third-order valence-electron chi connectivity index (χ3n) is 3.82. The second-order valence-electron chi connectivity index (χ2n) is 6.16. The van der Waals surface area contributed by atoms with Gasteiger partial charge in [-0.25, -0.2) is 0 Å². The number of rotatable bonds is 16. The van der Waals surface area contributed by atoms with E-state index in [9.17, 15) is 39.3 Å². The fourth-order valence-electron chi connectivity index (χ4n) is 2.38. The van der Waals surface area contributed by atoms with Gasteiger partial charge < -0.3 is 51.3 Å². The van der Waals surface area contributed by atoms with E-state index in [0.29, 0.717) is 0 Å². The van der Waals surface area contributed by atoms with Crippen LogP contribution < -0.4 is 26.0 Å². The van der Waals surface area contributed by atoms with Crippen LogP contribution in [0, 0.1) is 39.9 Å². The van der Waals surface area contributed by atoms with Crippen LogP contribution in [-0.4, -0.2) is 128 Å². The van der Waals surface area contributed by atoms with E-state index in [1.165, 1.54) is 28.8 Å². The molecule has 16 heteroatoms. The number of hydrogen-bond acceptors (Lipinski definition) is 11. The molecule has 0 aromatic rings. The van der Waals surface area contributed by atoms with Gasteiger partial charge in [0.05, 0.1) is 31.0 Å². The Hall–Kier alpha value is -1.53. The van der Waals surface area contributed by atoms with Crippen LogP contribution >= 0.6 is 0 Å². The average molecular weight is 610 g/mol. The van der Waals surface area contributed by atoms with E-state index in [-0.39, 0.29) is 90.2 Å². The van der Waals surface area contributed by atoms with Crippen molar-refractivity contribution in [2.24, 2.45) is 0 Å². The van der Waals surface area contributed by atoms with Crippen LogP contribution in [-0.2, 0) is 24.0 Å². The fourth-order valence-corrected chi connectivity index (χ4v) is 2.38. The Kier molecular flexibility index (Phi) is 25.2. The van der Waals surface area contributed by atoms with Crippen LogP contribution in [0.4, 0.5) is 0 Å². The quantitative estimate of drug-likeness (QED) is 0.166. The van der Waals surface area contributed by atoms with Crippen LogP contribution in [0.2, 0.25) is 0 Å². The summed E-state index contributed by atoms with van der Waals surface area (Å²) in [6.07, 6.45) is 0. The smallest absolute Gasteiger partial charge is 0.549 e. The summed E-state index contributed by atoms with van der Waals surface area (Å²) in [5.74, 6) is -5.04. The van der Waals surface area contributed by atoms with Gasteiger partial charge in [-0.1, -0.05) is 0 Å². The summed E-state index contributed by atoms with van der Waals surface area (Å²) in [4.78, 5) is 59.6. The number of carbonyl (C=O) groups excluding carboxylic acids is 5. The van der Waals surface area contributed by atoms with Crippen molar-refractivity contribution in [1.82, 2.24) is 25.3 Å². The molecule has 1 radical (unpaired) electrons. The number of amides is 2. The van der Waals surface area contributed by atoms with Crippen LogP contribution in [0.5, 0.6) is 0 Å². The fraction of sp³-hybridized carbons (Fsp3) is 0.688. The number of carboxylic acid groups (broad SMARTS) is 3. The van der Waals surface area contributed by atoms with Crippen molar-refractivity contribution in [3.05, 3.63) is 0 Å². The molecule has 0 atom stereocenters. The zero-order valence-electron chi connectivity index (χ0n) is 17.8. The minimum absolute atomic E-state index is 0. The first-order valence-electron chi connectivity index (χ1n) is 8.75. The maximum Gasteiger partial charge on any atom is 3.00 e. The van der Waals surface area contributed by atoms with Gasteiger partial charge in [0.2, 0.25) is 11.8 Å². The first-order chi connectivity index (χ1) is 13.6. The van der Waals surface area contributed by atoms with Gasteiger partial charge in [0.25, 0.3) is 0 Å². The molecule has 0 saturated carbocycles. The molecule has 0 aromatic carbocycles. The number of carboxylic acids is 3. The molecule has 0 unspecified atom stereocenters. The van der Waals surface area contributed by atoms with E-state index in [4.69, 9.17) is 0 Å². The minimum Gasteiger partial charge on any atom is -0.549 e. The van der Waals surface area contributed by atoms with E-state index in [1.807, 2.05) is 0 Å². The zero-order chi connectivity index (χ0) is 22.4. The molecule has 32 heavy (non-hydrogen) atoms. The van der Waals surface area contributed by atoms with Crippen molar-refractivity contribution in [1.29, 1.82) is 0 Å². The van der Waals surface area contributed by atoms with Gasteiger partial charge in [-0.3, -0.25) is 24.3 Å². The molecule has 0 aliphatic heterocycles. The van der Waals surface area contributed by atoms with E-state index < -0.39 is 49.4 Å². The Morgan fingerprint density at radius 1 is 0.562 bits per heavy atom. The SMILES string of the molecule is CNC(=O)CN(CCN(CCN(CC(=O)[O-])CC(=O)NC)CC(=O)[O-])CC(=O)[O-].O.O.[Gd+3]. The average Bonchev–Trinajstić information content (AvgIpc) is 2.61. The van der Waals surface area contributed by atoms with Crippen LogP contribution in [0.15, 0.2) is 0 Å².